The Kier molecular flexibility index (Phi) is 5.03. The van der Waals surface area contributed by atoms with Crippen molar-refractivity contribution in [3.05, 3.63) is 30.3 Å². The van der Waals surface area contributed by atoms with Gasteiger partial charge in [-0.1, -0.05) is 43.7 Å². The van der Waals surface area contributed by atoms with Gasteiger partial charge in [0.1, 0.15) is 0 Å². The Hall–Kier alpha value is -1.75. The Morgan fingerprint density at radius 1 is 1.26 bits per heavy atom. The predicted octanol–water partition coefficient (Wildman–Crippen LogP) is 2.12. The van der Waals surface area contributed by atoms with Crippen LogP contribution in [0.1, 0.15) is 26.7 Å². The average Bonchev–Trinajstić information content (AvgIpc) is 2.89. The fourth-order valence-corrected chi connectivity index (χ4v) is 1.99. The van der Waals surface area contributed by atoms with Gasteiger partial charge in [0.05, 0.1) is 6.54 Å². The molecule has 1 atom stereocenters. The van der Waals surface area contributed by atoms with E-state index in [1.165, 1.54) is 12.8 Å². The second-order valence-corrected chi connectivity index (χ2v) is 4.72. The number of tetrazole rings is 1. The quantitative estimate of drug-likeness (QED) is 0.827. The van der Waals surface area contributed by atoms with Crippen molar-refractivity contribution in [1.82, 2.24) is 25.5 Å². The van der Waals surface area contributed by atoms with Crippen LogP contribution < -0.4 is 5.32 Å². The first-order valence-electron chi connectivity index (χ1n) is 6.86. The summed E-state index contributed by atoms with van der Waals surface area (Å²) in [7, 11) is 0. The Labute approximate surface area is 114 Å². The molecule has 0 bridgehead atoms. The van der Waals surface area contributed by atoms with Gasteiger partial charge in [-0.3, -0.25) is 0 Å². The summed E-state index contributed by atoms with van der Waals surface area (Å²) in [5.74, 6) is 0.683. The van der Waals surface area contributed by atoms with Crippen molar-refractivity contribution in [3.8, 4) is 11.4 Å². The summed E-state index contributed by atoms with van der Waals surface area (Å²) >= 11 is 0. The lowest BCUT2D eigenvalue weighted by atomic mass is 10.2. The van der Waals surface area contributed by atoms with Gasteiger partial charge >= 0.3 is 0 Å². The number of rotatable bonds is 7. The van der Waals surface area contributed by atoms with Crippen molar-refractivity contribution in [1.29, 1.82) is 0 Å². The van der Waals surface area contributed by atoms with Crippen molar-refractivity contribution in [2.45, 2.75) is 39.3 Å². The van der Waals surface area contributed by atoms with Gasteiger partial charge in [0.25, 0.3) is 0 Å². The SMILES string of the molecule is CCCC(C)NCCn1nnc(-c2ccccc2)n1. The molecule has 0 aliphatic heterocycles. The molecule has 5 nitrogen and oxygen atoms in total. The minimum atomic E-state index is 0.544. The molecule has 1 N–H and O–H groups in total. The van der Waals surface area contributed by atoms with Crippen LogP contribution in [0.5, 0.6) is 0 Å². The molecule has 2 aromatic rings. The predicted molar refractivity (Wildman–Crippen MR) is 75.6 cm³/mol. The Balaban J connectivity index is 1.85. The highest BCUT2D eigenvalue weighted by Crippen LogP contribution is 2.11. The third-order valence-electron chi connectivity index (χ3n) is 3.01. The zero-order chi connectivity index (χ0) is 13.5. The minimum Gasteiger partial charge on any atom is -0.312 e. The van der Waals surface area contributed by atoms with Crippen molar-refractivity contribution >= 4 is 0 Å². The second-order valence-electron chi connectivity index (χ2n) is 4.72. The molecule has 0 spiro atoms. The molecule has 0 aliphatic rings. The number of benzene rings is 1. The van der Waals surface area contributed by atoms with Crippen molar-refractivity contribution in [2.75, 3.05) is 6.54 Å². The van der Waals surface area contributed by atoms with E-state index < -0.39 is 0 Å². The molecule has 1 unspecified atom stereocenters. The molecular formula is C14H21N5. The van der Waals surface area contributed by atoms with Crippen LogP contribution in [0.25, 0.3) is 11.4 Å². The second kappa shape index (κ2) is 6.99. The summed E-state index contributed by atoms with van der Waals surface area (Å²) < 4.78 is 0. The average molecular weight is 259 g/mol. The number of hydrogen-bond acceptors (Lipinski definition) is 4. The molecule has 0 amide bonds. The maximum absolute atomic E-state index is 4.38. The van der Waals surface area contributed by atoms with Gasteiger partial charge in [-0.05, 0) is 18.6 Å². The van der Waals surface area contributed by atoms with Crippen LogP contribution in [-0.4, -0.2) is 32.8 Å². The summed E-state index contributed by atoms with van der Waals surface area (Å²) in [5.41, 5.74) is 1.00. The van der Waals surface area contributed by atoms with Crippen LogP contribution in [-0.2, 0) is 6.54 Å². The zero-order valence-electron chi connectivity index (χ0n) is 11.6. The van der Waals surface area contributed by atoms with Gasteiger partial charge in [0.15, 0.2) is 0 Å². The molecule has 102 valence electrons. The Morgan fingerprint density at radius 3 is 2.79 bits per heavy atom. The molecule has 5 heteroatoms. The molecule has 0 saturated carbocycles. The lowest BCUT2D eigenvalue weighted by molar-refractivity contribution is 0.444. The normalized spacial score (nSPS) is 12.5. The maximum atomic E-state index is 4.38. The minimum absolute atomic E-state index is 0.544. The Bertz CT molecular complexity index is 480. The van der Waals surface area contributed by atoms with E-state index in [1.807, 2.05) is 30.3 Å². The third-order valence-corrected chi connectivity index (χ3v) is 3.01. The highest BCUT2D eigenvalue weighted by atomic mass is 15.6. The molecule has 1 aromatic heterocycles. The van der Waals surface area contributed by atoms with E-state index in [0.29, 0.717) is 11.9 Å². The summed E-state index contributed by atoms with van der Waals surface area (Å²) in [5, 5.41) is 16.0. The number of hydrogen-bond donors (Lipinski definition) is 1. The molecule has 1 aromatic carbocycles. The van der Waals surface area contributed by atoms with Crippen molar-refractivity contribution in [2.24, 2.45) is 0 Å². The number of nitrogens with zero attached hydrogens (tertiary/aromatic N) is 4. The largest absolute Gasteiger partial charge is 0.312 e. The summed E-state index contributed by atoms with van der Waals surface area (Å²) in [6, 6.07) is 10.5. The van der Waals surface area contributed by atoms with E-state index in [9.17, 15) is 0 Å². The van der Waals surface area contributed by atoms with Gasteiger partial charge in [0, 0.05) is 18.2 Å². The van der Waals surface area contributed by atoms with E-state index in [2.05, 4.69) is 34.6 Å². The topological polar surface area (TPSA) is 55.6 Å². The first-order valence-corrected chi connectivity index (χ1v) is 6.86. The molecular weight excluding hydrogens is 238 g/mol. The lowest BCUT2D eigenvalue weighted by Crippen LogP contribution is -2.29. The fourth-order valence-electron chi connectivity index (χ4n) is 1.99. The highest BCUT2D eigenvalue weighted by Gasteiger charge is 2.05. The van der Waals surface area contributed by atoms with Gasteiger partial charge in [-0.25, -0.2) is 0 Å². The Morgan fingerprint density at radius 2 is 2.05 bits per heavy atom. The molecule has 0 saturated heterocycles. The van der Waals surface area contributed by atoms with Crippen LogP contribution in [0.2, 0.25) is 0 Å². The maximum Gasteiger partial charge on any atom is 0.204 e. The van der Waals surface area contributed by atoms with Gasteiger partial charge < -0.3 is 5.32 Å². The van der Waals surface area contributed by atoms with E-state index >= 15 is 0 Å². The smallest absolute Gasteiger partial charge is 0.204 e. The van der Waals surface area contributed by atoms with E-state index in [1.54, 1.807) is 4.80 Å². The van der Waals surface area contributed by atoms with Crippen LogP contribution in [0.3, 0.4) is 0 Å². The van der Waals surface area contributed by atoms with E-state index in [4.69, 9.17) is 0 Å². The van der Waals surface area contributed by atoms with Crippen molar-refractivity contribution < 1.29 is 0 Å². The lowest BCUT2D eigenvalue weighted by Gasteiger charge is -2.11. The first-order chi connectivity index (χ1) is 9.29. The standard InChI is InChI=1S/C14H21N5/c1-3-7-12(2)15-10-11-19-17-14(16-18-19)13-8-5-4-6-9-13/h4-6,8-9,12,15H,3,7,10-11H2,1-2H3. The molecule has 0 aliphatic carbocycles. The molecule has 0 radical (unpaired) electrons. The van der Waals surface area contributed by atoms with Gasteiger partial charge in [-0.15, -0.1) is 10.2 Å². The number of aromatic nitrogens is 4. The van der Waals surface area contributed by atoms with E-state index in [0.717, 1.165) is 18.7 Å². The fraction of sp³-hybridized carbons (Fsp3) is 0.500. The summed E-state index contributed by atoms with van der Waals surface area (Å²) in [4.78, 5) is 1.65. The van der Waals surface area contributed by atoms with Crippen molar-refractivity contribution in [3.63, 3.8) is 0 Å². The third kappa shape index (κ3) is 4.13. The molecule has 19 heavy (non-hydrogen) atoms. The van der Waals surface area contributed by atoms with Crippen LogP contribution >= 0.6 is 0 Å². The number of nitrogens with one attached hydrogen (secondary N) is 1. The van der Waals surface area contributed by atoms with Gasteiger partial charge in [-0.2, -0.15) is 4.80 Å². The molecule has 2 rings (SSSR count). The zero-order valence-corrected chi connectivity index (χ0v) is 11.6. The first kappa shape index (κ1) is 13.7. The van der Waals surface area contributed by atoms with Gasteiger partial charge in [0.2, 0.25) is 5.82 Å². The summed E-state index contributed by atoms with van der Waals surface area (Å²) in [6.45, 7) is 6.01. The monoisotopic (exact) mass is 259 g/mol. The van der Waals surface area contributed by atoms with E-state index in [-0.39, 0.29) is 0 Å². The molecule has 0 fully saturated rings. The van der Waals surface area contributed by atoms with Crippen LogP contribution in [0.15, 0.2) is 30.3 Å². The highest BCUT2D eigenvalue weighted by molar-refractivity contribution is 5.52. The van der Waals surface area contributed by atoms with Crippen LogP contribution in [0.4, 0.5) is 0 Å². The summed E-state index contributed by atoms with van der Waals surface area (Å²) in [6.07, 6.45) is 2.40. The van der Waals surface area contributed by atoms with Crippen LogP contribution in [0, 0.1) is 0 Å². The molecule has 1 heterocycles.